The van der Waals surface area contributed by atoms with Crippen molar-refractivity contribution in [1.82, 2.24) is 14.7 Å². The van der Waals surface area contributed by atoms with Crippen LogP contribution in [0, 0.1) is 5.41 Å². The zero-order chi connectivity index (χ0) is 15.7. The average molecular weight is 297 g/mol. The molecule has 21 heavy (non-hydrogen) atoms. The van der Waals surface area contributed by atoms with E-state index < -0.39 is 5.60 Å². The largest absolute Gasteiger partial charge is 0.444 e. The maximum atomic E-state index is 11.9. The molecule has 0 unspecified atom stereocenters. The number of carbonyl (C=O) groups is 1. The number of nitrogens with zero attached hydrogens (tertiary/aromatic N) is 3. The highest BCUT2D eigenvalue weighted by Gasteiger charge is 2.53. The molecule has 5 heteroatoms. The third-order valence-corrected chi connectivity index (χ3v) is 4.45. The Bertz CT molecular complexity index is 360. The molecule has 2 aliphatic rings. The van der Waals surface area contributed by atoms with E-state index in [-0.39, 0.29) is 6.09 Å². The molecule has 0 radical (unpaired) electrons. The molecule has 0 atom stereocenters. The molecule has 2 aliphatic heterocycles. The number of ether oxygens (including phenoxy) is 1. The summed E-state index contributed by atoms with van der Waals surface area (Å²) in [6.45, 7) is 18.7. The van der Waals surface area contributed by atoms with Gasteiger partial charge in [0.25, 0.3) is 0 Å². The van der Waals surface area contributed by atoms with Crippen LogP contribution in [0.15, 0.2) is 0 Å². The predicted octanol–water partition coefficient (Wildman–Crippen LogP) is 1.88. The first-order chi connectivity index (χ1) is 9.77. The molecule has 2 fully saturated rings. The summed E-state index contributed by atoms with van der Waals surface area (Å²) in [5.74, 6) is 0. The summed E-state index contributed by atoms with van der Waals surface area (Å²) in [6.07, 6.45) is -0.158. The van der Waals surface area contributed by atoms with Gasteiger partial charge in [0.05, 0.1) is 0 Å². The first kappa shape index (κ1) is 16.6. The number of likely N-dealkylation sites (tertiary alicyclic amines) is 2. The topological polar surface area (TPSA) is 36.0 Å². The van der Waals surface area contributed by atoms with Crippen LogP contribution in [0.25, 0.3) is 0 Å². The van der Waals surface area contributed by atoms with E-state index in [0.717, 1.165) is 52.4 Å². The van der Waals surface area contributed by atoms with Crippen molar-refractivity contribution in [2.24, 2.45) is 5.41 Å². The van der Waals surface area contributed by atoms with Gasteiger partial charge in [-0.2, -0.15) is 0 Å². The van der Waals surface area contributed by atoms with E-state index in [1.807, 2.05) is 25.7 Å². The van der Waals surface area contributed by atoms with Gasteiger partial charge in [-0.15, -0.1) is 0 Å². The molecule has 1 amide bonds. The van der Waals surface area contributed by atoms with Gasteiger partial charge >= 0.3 is 6.09 Å². The summed E-state index contributed by atoms with van der Waals surface area (Å²) in [6, 6.07) is 0. The van der Waals surface area contributed by atoms with Crippen LogP contribution in [0.5, 0.6) is 0 Å². The van der Waals surface area contributed by atoms with Crippen LogP contribution in [-0.2, 0) is 4.74 Å². The van der Waals surface area contributed by atoms with Gasteiger partial charge in [0.2, 0.25) is 0 Å². The van der Waals surface area contributed by atoms with Gasteiger partial charge in [0, 0.05) is 44.7 Å². The normalized spacial score (nSPS) is 21.3. The number of likely N-dealkylation sites (N-methyl/N-ethyl adjacent to an activating group) is 1. The Morgan fingerprint density at radius 1 is 1.14 bits per heavy atom. The van der Waals surface area contributed by atoms with Crippen LogP contribution in [-0.4, -0.2) is 78.8 Å². The van der Waals surface area contributed by atoms with Gasteiger partial charge in [0.1, 0.15) is 5.60 Å². The van der Waals surface area contributed by atoms with Crippen molar-refractivity contribution in [1.29, 1.82) is 0 Å². The number of hydrogen-bond donors (Lipinski definition) is 0. The van der Waals surface area contributed by atoms with Crippen molar-refractivity contribution >= 4 is 6.09 Å². The van der Waals surface area contributed by atoms with Crippen molar-refractivity contribution in [2.45, 2.75) is 40.2 Å². The highest BCUT2D eigenvalue weighted by Crippen LogP contribution is 2.39. The van der Waals surface area contributed by atoms with E-state index in [1.54, 1.807) is 0 Å². The van der Waals surface area contributed by atoms with Crippen molar-refractivity contribution in [2.75, 3.05) is 52.4 Å². The van der Waals surface area contributed by atoms with Gasteiger partial charge in [-0.25, -0.2) is 4.79 Å². The fourth-order valence-electron chi connectivity index (χ4n) is 3.30. The lowest BCUT2D eigenvalue weighted by molar-refractivity contribution is -0.113. The van der Waals surface area contributed by atoms with Crippen LogP contribution in [0.1, 0.15) is 34.6 Å². The molecule has 0 aliphatic carbocycles. The number of amides is 1. The van der Waals surface area contributed by atoms with Crippen LogP contribution >= 0.6 is 0 Å². The first-order valence-corrected chi connectivity index (χ1v) is 8.19. The molecular formula is C16H31N3O2. The van der Waals surface area contributed by atoms with E-state index in [4.69, 9.17) is 4.74 Å². The van der Waals surface area contributed by atoms with Crippen LogP contribution in [0.3, 0.4) is 0 Å². The molecule has 0 saturated carbocycles. The molecule has 5 nitrogen and oxygen atoms in total. The van der Waals surface area contributed by atoms with Gasteiger partial charge < -0.3 is 19.4 Å². The molecule has 2 saturated heterocycles. The fraction of sp³-hybridized carbons (Fsp3) is 0.938. The maximum absolute atomic E-state index is 11.9. The van der Waals surface area contributed by atoms with Crippen LogP contribution in [0.2, 0.25) is 0 Å². The molecule has 0 aromatic heterocycles. The lowest BCUT2D eigenvalue weighted by atomic mass is 9.73. The van der Waals surface area contributed by atoms with E-state index in [1.165, 1.54) is 0 Å². The number of rotatable bonds is 5. The van der Waals surface area contributed by atoms with Gasteiger partial charge in [0.15, 0.2) is 0 Å². The average Bonchev–Trinajstić information content (AvgIpc) is 2.27. The Hall–Kier alpha value is -0.810. The zero-order valence-corrected chi connectivity index (χ0v) is 14.3. The van der Waals surface area contributed by atoms with Crippen LogP contribution in [0.4, 0.5) is 4.79 Å². The molecule has 2 rings (SSSR count). The van der Waals surface area contributed by atoms with Crippen molar-refractivity contribution in [3.05, 3.63) is 0 Å². The summed E-state index contributed by atoms with van der Waals surface area (Å²) in [7, 11) is 0. The summed E-state index contributed by atoms with van der Waals surface area (Å²) in [5.41, 5.74) is -0.0323. The molecule has 2 heterocycles. The van der Waals surface area contributed by atoms with Gasteiger partial charge in [-0.1, -0.05) is 13.8 Å². The Balaban J connectivity index is 1.64. The monoisotopic (exact) mass is 297 g/mol. The third-order valence-electron chi connectivity index (χ3n) is 4.45. The maximum Gasteiger partial charge on any atom is 0.410 e. The highest BCUT2D eigenvalue weighted by molar-refractivity contribution is 5.69. The van der Waals surface area contributed by atoms with E-state index in [9.17, 15) is 4.79 Å². The van der Waals surface area contributed by atoms with E-state index >= 15 is 0 Å². The second kappa shape index (κ2) is 6.13. The summed E-state index contributed by atoms with van der Waals surface area (Å²) in [4.78, 5) is 18.7. The molecule has 122 valence electrons. The van der Waals surface area contributed by atoms with E-state index in [0.29, 0.717) is 5.41 Å². The van der Waals surface area contributed by atoms with Gasteiger partial charge in [-0.3, -0.25) is 0 Å². The first-order valence-electron chi connectivity index (χ1n) is 8.19. The van der Waals surface area contributed by atoms with Crippen LogP contribution < -0.4 is 0 Å². The van der Waals surface area contributed by atoms with Crippen molar-refractivity contribution < 1.29 is 9.53 Å². The fourth-order valence-corrected chi connectivity index (χ4v) is 3.30. The minimum absolute atomic E-state index is 0.158. The second-order valence-corrected chi connectivity index (χ2v) is 7.57. The number of carbonyl (C=O) groups excluding carboxylic acids is 1. The Morgan fingerprint density at radius 2 is 1.71 bits per heavy atom. The highest BCUT2D eigenvalue weighted by atomic mass is 16.6. The Kier molecular flexibility index (Phi) is 4.83. The van der Waals surface area contributed by atoms with Crippen molar-refractivity contribution in [3.63, 3.8) is 0 Å². The smallest absolute Gasteiger partial charge is 0.410 e. The minimum Gasteiger partial charge on any atom is -0.444 e. The Morgan fingerprint density at radius 3 is 2.19 bits per heavy atom. The van der Waals surface area contributed by atoms with E-state index in [2.05, 4.69) is 23.6 Å². The zero-order valence-electron chi connectivity index (χ0n) is 14.3. The molecule has 0 bridgehead atoms. The Labute approximate surface area is 129 Å². The summed E-state index contributed by atoms with van der Waals surface area (Å²) in [5, 5.41) is 0. The molecule has 0 aromatic carbocycles. The lowest BCUT2D eigenvalue weighted by Crippen LogP contribution is -2.73. The molecule has 1 spiro atoms. The minimum atomic E-state index is -0.394. The molecule has 0 aromatic rings. The lowest BCUT2D eigenvalue weighted by Gasteiger charge is -2.60. The second-order valence-electron chi connectivity index (χ2n) is 7.57. The van der Waals surface area contributed by atoms with Crippen molar-refractivity contribution in [3.8, 4) is 0 Å². The summed E-state index contributed by atoms with van der Waals surface area (Å²) >= 11 is 0. The molecular weight excluding hydrogens is 266 g/mol. The molecule has 0 N–H and O–H groups in total. The SMILES string of the molecule is CCN(CC)CCN1CC2(C1)CN(C(=O)OC(C)(C)C)C2. The third kappa shape index (κ3) is 4.10. The number of hydrogen-bond acceptors (Lipinski definition) is 4. The summed E-state index contributed by atoms with van der Waals surface area (Å²) < 4.78 is 5.41. The standard InChI is InChI=1S/C16H31N3O2/c1-6-17(7-2)8-9-18-10-16(11-18)12-19(13-16)14(20)21-15(3,4)5/h6-13H2,1-5H3. The van der Waals surface area contributed by atoms with Gasteiger partial charge in [-0.05, 0) is 33.9 Å². The quantitative estimate of drug-likeness (QED) is 0.776. The predicted molar refractivity (Wildman–Crippen MR) is 84.5 cm³/mol.